The molecule has 4 rings (SSSR count). The molecule has 30 heavy (non-hydrogen) atoms. The molecule has 9 heteroatoms. The number of aromatic nitrogens is 2. The van der Waals surface area contributed by atoms with Gasteiger partial charge in [-0.05, 0) is 31.3 Å². The average molecular weight is 417 g/mol. The fourth-order valence-electron chi connectivity index (χ4n) is 3.57. The number of piperazine rings is 1. The Kier molecular flexibility index (Phi) is 5.38. The fourth-order valence-corrected chi connectivity index (χ4v) is 3.57. The number of rotatable bonds is 4. The summed E-state index contributed by atoms with van der Waals surface area (Å²) in [5.41, 5.74) is 0.129. The van der Waals surface area contributed by atoms with Gasteiger partial charge in [-0.1, -0.05) is 18.2 Å². The minimum absolute atomic E-state index is 0.174. The Morgan fingerprint density at radius 3 is 2.53 bits per heavy atom. The summed E-state index contributed by atoms with van der Waals surface area (Å²) in [7, 11) is 1.99. The Hall–Kier alpha value is -3.07. The van der Waals surface area contributed by atoms with Gasteiger partial charge in [-0.25, -0.2) is 0 Å². The van der Waals surface area contributed by atoms with E-state index in [0.717, 1.165) is 30.1 Å². The van der Waals surface area contributed by atoms with Crippen LogP contribution in [-0.4, -0.2) is 53.8 Å². The van der Waals surface area contributed by atoms with Crippen molar-refractivity contribution in [3.63, 3.8) is 0 Å². The summed E-state index contributed by atoms with van der Waals surface area (Å²) >= 11 is 0. The fraction of sp³-hybridized carbons (Fsp3) is 0.333. The van der Waals surface area contributed by atoms with Crippen LogP contribution in [0, 0.1) is 0 Å². The predicted octanol–water partition coefficient (Wildman–Crippen LogP) is 3.45. The zero-order chi connectivity index (χ0) is 21.3. The van der Waals surface area contributed by atoms with Crippen molar-refractivity contribution >= 4 is 28.2 Å². The molecule has 1 aliphatic rings. The van der Waals surface area contributed by atoms with Gasteiger partial charge < -0.3 is 15.1 Å². The molecule has 0 saturated carbocycles. The van der Waals surface area contributed by atoms with Gasteiger partial charge in [0, 0.05) is 43.4 Å². The van der Waals surface area contributed by atoms with Gasteiger partial charge >= 0.3 is 6.18 Å². The first kappa shape index (κ1) is 20.2. The highest BCUT2D eigenvalue weighted by atomic mass is 19.4. The Balaban J connectivity index is 1.52. The number of hydrogen-bond donors (Lipinski definition) is 1. The van der Waals surface area contributed by atoms with E-state index in [-0.39, 0.29) is 12.2 Å². The van der Waals surface area contributed by atoms with Crippen LogP contribution in [0.1, 0.15) is 5.56 Å². The summed E-state index contributed by atoms with van der Waals surface area (Å²) in [5.74, 6) is -0.569. The highest BCUT2D eigenvalue weighted by molar-refractivity contribution is 5.92. The number of nitrogens with zero attached hydrogens (tertiary/aromatic N) is 4. The molecular weight excluding hydrogens is 395 g/mol. The Labute approximate surface area is 171 Å². The number of amides is 1. The molecule has 2 aromatic carbocycles. The van der Waals surface area contributed by atoms with Gasteiger partial charge in [-0.15, -0.1) is 0 Å². The summed E-state index contributed by atoms with van der Waals surface area (Å²) < 4.78 is 42.5. The van der Waals surface area contributed by atoms with Crippen molar-refractivity contribution in [1.29, 1.82) is 0 Å². The molecule has 0 aliphatic carbocycles. The lowest BCUT2D eigenvalue weighted by molar-refractivity contribution is -0.136. The molecular formula is C21H22F3N5O. The van der Waals surface area contributed by atoms with Crippen molar-refractivity contribution in [3.8, 4) is 0 Å². The predicted molar refractivity (Wildman–Crippen MR) is 110 cm³/mol. The second-order valence-corrected chi connectivity index (χ2v) is 7.45. The number of carbonyl (C=O) groups excluding carboxylic acids is 1. The minimum atomic E-state index is -4.58. The largest absolute Gasteiger partial charge is 0.418 e. The highest BCUT2D eigenvalue weighted by Gasteiger charge is 2.35. The van der Waals surface area contributed by atoms with Crippen LogP contribution in [0.15, 0.2) is 48.7 Å². The van der Waals surface area contributed by atoms with Gasteiger partial charge in [0.1, 0.15) is 6.54 Å². The number of hydrogen-bond acceptors (Lipinski definition) is 4. The SMILES string of the molecule is CN1CCN(c2ccc(NC(=O)Cn3cc4ccccc4n3)c(C(F)(F)F)c2)CC1. The second kappa shape index (κ2) is 7.98. The topological polar surface area (TPSA) is 53.4 Å². The summed E-state index contributed by atoms with van der Waals surface area (Å²) in [5, 5.41) is 7.53. The maximum absolute atomic E-state index is 13.7. The van der Waals surface area contributed by atoms with Gasteiger partial charge in [-0.3, -0.25) is 9.48 Å². The number of halogens is 3. The lowest BCUT2D eigenvalue weighted by Crippen LogP contribution is -2.44. The van der Waals surface area contributed by atoms with Crippen molar-refractivity contribution in [1.82, 2.24) is 14.7 Å². The maximum Gasteiger partial charge on any atom is 0.418 e. The number of alkyl halides is 3. The first-order valence-corrected chi connectivity index (χ1v) is 9.66. The maximum atomic E-state index is 13.7. The molecule has 1 fully saturated rings. The molecule has 1 N–H and O–H groups in total. The Bertz CT molecular complexity index is 1020. The molecule has 2 heterocycles. The number of anilines is 2. The highest BCUT2D eigenvalue weighted by Crippen LogP contribution is 2.37. The summed E-state index contributed by atoms with van der Waals surface area (Å²) in [4.78, 5) is 16.5. The van der Waals surface area contributed by atoms with E-state index in [4.69, 9.17) is 0 Å². The van der Waals surface area contributed by atoms with Crippen molar-refractivity contribution in [2.45, 2.75) is 12.7 Å². The zero-order valence-electron chi connectivity index (χ0n) is 16.5. The summed E-state index contributed by atoms with van der Waals surface area (Å²) in [6, 6.07) is 11.4. The summed E-state index contributed by atoms with van der Waals surface area (Å²) in [6.45, 7) is 2.72. The first-order chi connectivity index (χ1) is 14.3. The quantitative estimate of drug-likeness (QED) is 0.707. The molecule has 158 valence electrons. The van der Waals surface area contributed by atoms with E-state index in [1.54, 1.807) is 12.3 Å². The molecule has 1 aliphatic heterocycles. The minimum Gasteiger partial charge on any atom is -0.369 e. The van der Waals surface area contributed by atoms with Crippen LogP contribution in [0.5, 0.6) is 0 Å². The average Bonchev–Trinajstić information content (AvgIpc) is 3.10. The smallest absolute Gasteiger partial charge is 0.369 e. The van der Waals surface area contributed by atoms with Crippen LogP contribution < -0.4 is 10.2 Å². The monoisotopic (exact) mass is 417 g/mol. The standard InChI is InChI=1S/C21H22F3N5O/c1-27-8-10-28(11-9-27)16-6-7-19(17(12-16)21(22,23)24)25-20(30)14-29-13-15-4-2-3-5-18(15)26-29/h2-7,12-13H,8-11,14H2,1H3,(H,25,30). The molecule has 3 aromatic rings. The lowest BCUT2D eigenvalue weighted by atomic mass is 10.1. The van der Waals surface area contributed by atoms with Crippen LogP contribution in [-0.2, 0) is 17.5 Å². The van der Waals surface area contributed by atoms with E-state index < -0.39 is 17.6 Å². The number of likely N-dealkylation sites (N-methyl/N-ethyl adjacent to an activating group) is 1. The Morgan fingerprint density at radius 2 is 1.83 bits per heavy atom. The summed E-state index contributed by atoms with van der Waals surface area (Å²) in [6.07, 6.45) is -2.89. The second-order valence-electron chi connectivity index (χ2n) is 7.45. The third-order valence-electron chi connectivity index (χ3n) is 5.22. The lowest BCUT2D eigenvalue weighted by Gasteiger charge is -2.34. The third-order valence-corrected chi connectivity index (χ3v) is 5.22. The molecule has 0 radical (unpaired) electrons. The normalized spacial score (nSPS) is 15.5. The van der Waals surface area contributed by atoms with Crippen molar-refractivity contribution in [2.24, 2.45) is 0 Å². The molecule has 0 atom stereocenters. The van der Waals surface area contributed by atoms with E-state index in [2.05, 4.69) is 15.3 Å². The number of carbonyl (C=O) groups is 1. The van der Waals surface area contributed by atoms with E-state index in [0.29, 0.717) is 18.8 Å². The van der Waals surface area contributed by atoms with Crippen molar-refractivity contribution in [2.75, 3.05) is 43.4 Å². The molecule has 0 unspecified atom stereocenters. The van der Waals surface area contributed by atoms with Crippen LogP contribution in [0.2, 0.25) is 0 Å². The Morgan fingerprint density at radius 1 is 1.10 bits per heavy atom. The molecule has 1 amide bonds. The van der Waals surface area contributed by atoms with Gasteiger partial charge in [0.15, 0.2) is 0 Å². The van der Waals surface area contributed by atoms with Gasteiger partial charge in [0.2, 0.25) is 5.91 Å². The van der Waals surface area contributed by atoms with Crippen molar-refractivity contribution < 1.29 is 18.0 Å². The van der Waals surface area contributed by atoms with Gasteiger partial charge in [0.05, 0.1) is 16.8 Å². The molecule has 0 bridgehead atoms. The zero-order valence-corrected chi connectivity index (χ0v) is 16.5. The van der Waals surface area contributed by atoms with Gasteiger partial charge in [-0.2, -0.15) is 18.3 Å². The van der Waals surface area contributed by atoms with E-state index in [1.807, 2.05) is 36.2 Å². The molecule has 0 spiro atoms. The van der Waals surface area contributed by atoms with Crippen LogP contribution >= 0.6 is 0 Å². The van der Waals surface area contributed by atoms with Crippen LogP contribution in [0.4, 0.5) is 24.5 Å². The van der Waals surface area contributed by atoms with E-state index >= 15 is 0 Å². The van der Waals surface area contributed by atoms with Crippen LogP contribution in [0.25, 0.3) is 10.9 Å². The van der Waals surface area contributed by atoms with E-state index in [1.165, 1.54) is 10.7 Å². The third kappa shape index (κ3) is 4.40. The molecule has 6 nitrogen and oxygen atoms in total. The van der Waals surface area contributed by atoms with E-state index in [9.17, 15) is 18.0 Å². The first-order valence-electron chi connectivity index (χ1n) is 9.66. The number of benzene rings is 2. The van der Waals surface area contributed by atoms with Crippen LogP contribution in [0.3, 0.4) is 0 Å². The van der Waals surface area contributed by atoms with Gasteiger partial charge in [0.25, 0.3) is 0 Å². The van der Waals surface area contributed by atoms with Crippen molar-refractivity contribution in [3.05, 3.63) is 54.2 Å². The molecule has 1 aromatic heterocycles. The number of nitrogens with one attached hydrogen (secondary N) is 1. The number of fused-ring (bicyclic) bond motifs is 1. The molecule has 1 saturated heterocycles.